The number of aliphatic hydroxyl groups excluding tert-OH is 1. The first-order chi connectivity index (χ1) is 9.56. The van der Waals surface area contributed by atoms with E-state index in [0.29, 0.717) is 19.2 Å². The Bertz CT molecular complexity index is 433. The van der Waals surface area contributed by atoms with Crippen molar-refractivity contribution in [3.05, 3.63) is 29.3 Å². The molecular weight excluding hydrogens is 250 g/mol. The molecule has 0 saturated carbocycles. The summed E-state index contributed by atoms with van der Waals surface area (Å²) >= 11 is 0. The highest BCUT2D eigenvalue weighted by atomic mass is 16.5. The van der Waals surface area contributed by atoms with E-state index in [1.54, 1.807) is 0 Å². The van der Waals surface area contributed by atoms with Crippen LogP contribution in [0.3, 0.4) is 0 Å². The van der Waals surface area contributed by atoms with Gasteiger partial charge in [-0.05, 0) is 63.4 Å². The zero-order chi connectivity index (χ0) is 14.5. The summed E-state index contributed by atoms with van der Waals surface area (Å²) in [5, 5.41) is 10.1. The highest BCUT2D eigenvalue weighted by Crippen LogP contribution is 2.18. The number of hydrogen-bond acceptors (Lipinski definition) is 3. The third-order valence-electron chi connectivity index (χ3n) is 4.31. The predicted molar refractivity (Wildman–Crippen MR) is 82.3 cm³/mol. The van der Waals surface area contributed by atoms with Crippen molar-refractivity contribution in [3.8, 4) is 5.75 Å². The molecule has 0 radical (unpaired) electrons. The number of likely N-dealkylation sites (tertiary alicyclic amines) is 1. The molecule has 1 aromatic carbocycles. The minimum absolute atomic E-state index is 0.367. The van der Waals surface area contributed by atoms with Gasteiger partial charge in [0.25, 0.3) is 0 Å². The summed E-state index contributed by atoms with van der Waals surface area (Å²) in [6, 6.07) is 6.65. The van der Waals surface area contributed by atoms with Crippen molar-refractivity contribution in [2.75, 3.05) is 19.7 Å². The standard InChI is InChI=1S/C17H27NO2/c1-13-7-8-17(10-14(13)2)20-12-16(19)11-18-9-5-4-6-15(18)3/h7-8,10,15-16,19H,4-6,9,11-12H2,1-3H3/t15-,16+/m0/s1. The zero-order valence-corrected chi connectivity index (χ0v) is 12.9. The van der Waals surface area contributed by atoms with Gasteiger partial charge in [-0.15, -0.1) is 0 Å². The predicted octanol–water partition coefficient (Wildman–Crippen LogP) is 2.92. The molecule has 1 N–H and O–H groups in total. The molecule has 0 aromatic heterocycles. The van der Waals surface area contributed by atoms with Crippen molar-refractivity contribution in [1.29, 1.82) is 0 Å². The van der Waals surface area contributed by atoms with Crippen LogP contribution in [0.2, 0.25) is 0 Å². The van der Waals surface area contributed by atoms with E-state index in [1.807, 2.05) is 12.1 Å². The molecular formula is C17H27NO2. The molecule has 0 spiro atoms. The second-order valence-corrected chi connectivity index (χ2v) is 6.05. The zero-order valence-electron chi connectivity index (χ0n) is 12.9. The average molecular weight is 277 g/mol. The van der Waals surface area contributed by atoms with Crippen molar-refractivity contribution in [3.63, 3.8) is 0 Å². The van der Waals surface area contributed by atoms with Crippen molar-refractivity contribution < 1.29 is 9.84 Å². The lowest BCUT2D eigenvalue weighted by Gasteiger charge is -2.34. The Balaban J connectivity index is 1.79. The number of benzene rings is 1. The lowest BCUT2D eigenvalue weighted by Crippen LogP contribution is -2.43. The molecule has 1 fully saturated rings. The Morgan fingerprint density at radius 2 is 2.10 bits per heavy atom. The van der Waals surface area contributed by atoms with Gasteiger partial charge in [0.15, 0.2) is 0 Å². The lowest BCUT2D eigenvalue weighted by molar-refractivity contribution is 0.0437. The molecule has 0 amide bonds. The topological polar surface area (TPSA) is 32.7 Å². The fourth-order valence-electron chi connectivity index (χ4n) is 2.75. The normalized spacial score (nSPS) is 21.7. The summed E-state index contributed by atoms with van der Waals surface area (Å²) in [6.45, 7) is 8.59. The van der Waals surface area contributed by atoms with Gasteiger partial charge in [0.2, 0.25) is 0 Å². The SMILES string of the molecule is Cc1ccc(OC[C@H](O)CN2CCCC[C@@H]2C)cc1C. The molecule has 3 nitrogen and oxygen atoms in total. The second kappa shape index (κ2) is 7.09. The van der Waals surface area contributed by atoms with Gasteiger partial charge in [-0.1, -0.05) is 12.5 Å². The monoisotopic (exact) mass is 277 g/mol. The van der Waals surface area contributed by atoms with Gasteiger partial charge < -0.3 is 9.84 Å². The average Bonchev–Trinajstić information content (AvgIpc) is 2.43. The summed E-state index contributed by atoms with van der Waals surface area (Å²) < 4.78 is 5.70. The molecule has 2 rings (SSSR count). The van der Waals surface area contributed by atoms with E-state index in [9.17, 15) is 5.11 Å². The molecule has 0 unspecified atom stereocenters. The van der Waals surface area contributed by atoms with E-state index in [4.69, 9.17) is 4.74 Å². The molecule has 0 bridgehead atoms. The molecule has 2 atom stereocenters. The van der Waals surface area contributed by atoms with E-state index in [1.165, 1.54) is 30.4 Å². The smallest absolute Gasteiger partial charge is 0.119 e. The first-order valence-electron chi connectivity index (χ1n) is 7.68. The number of hydrogen-bond donors (Lipinski definition) is 1. The number of aliphatic hydroxyl groups is 1. The quantitative estimate of drug-likeness (QED) is 0.898. The van der Waals surface area contributed by atoms with E-state index in [-0.39, 0.29) is 0 Å². The fourth-order valence-corrected chi connectivity index (χ4v) is 2.75. The number of rotatable bonds is 5. The van der Waals surface area contributed by atoms with Gasteiger partial charge in [-0.2, -0.15) is 0 Å². The van der Waals surface area contributed by atoms with E-state index in [2.05, 4.69) is 31.7 Å². The Kier molecular flexibility index (Phi) is 5.44. The first-order valence-corrected chi connectivity index (χ1v) is 7.68. The summed E-state index contributed by atoms with van der Waals surface area (Å²) in [5.74, 6) is 0.846. The maximum Gasteiger partial charge on any atom is 0.119 e. The number of nitrogens with zero attached hydrogens (tertiary/aromatic N) is 1. The van der Waals surface area contributed by atoms with Gasteiger partial charge in [0.05, 0.1) is 0 Å². The Morgan fingerprint density at radius 3 is 2.80 bits per heavy atom. The number of aryl methyl sites for hydroxylation is 2. The molecule has 0 aliphatic carbocycles. The Morgan fingerprint density at radius 1 is 1.30 bits per heavy atom. The van der Waals surface area contributed by atoms with Crippen molar-refractivity contribution in [1.82, 2.24) is 4.90 Å². The summed E-state index contributed by atoms with van der Waals surface area (Å²) in [5.41, 5.74) is 2.49. The van der Waals surface area contributed by atoms with Crippen LogP contribution in [0, 0.1) is 13.8 Å². The van der Waals surface area contributed by atoms with Gasteiger partial charge >= 0.3 is 0 Å². The van der Waals surface area contributed by atoms with Crippen LogP contribution in [-0.4, -0.2) is 41.8 Å². The lowest BCUT2D eigenvalue weighted by atomic mass is 10.0. The van der Waals surface area contributed by atoms with Crippen molar-refractivity contribution in [2.45, 2.75) is 52.2 Å². The van der Waals surface area contributed by atoms with Gasteiger partial charge in [0.1, 0.15) is 18.5 Å². The van der Waals surface area contributed by atoms with Crippen LogP contribution in [0.15, 0.2) is 18.2 Å². The van der Waals surface area contributed by atoms with Crippen LogP contribution in [0.1, 0.15) is 37.3 Å². The van der Waals surface area contributed by atoms with Crippen LogP contribution in [0.5, 0.6) is 5.75 Å². The highest BCUT2D eigenvalue weighted by molar-refractivity contribution is 5.33. The van der Waals surface area contributed by atoms with Crippen LogP contribution >= 0.6 is 0 Å². The fraction of sp³-hybridized carbons (Fsp3) is 0.647. The van der Waals surface area contributed by atoms with E-state index >= 15 is 0 Å². The van der Waals surface area contributed by atoms with E-state index in [0.717, 1.165) is 12.3 Å². The summed E-state index contributed by atoms with van der Waals surface area (Å²) in [4.78, 5) is 2.37. The van der Waals surface area contributed by atoms with Crippen LogP contribution in [0.4, 0.5) is 0 Å². The van der Waals surface area contributed by atoms with Crippen LogP contribution in [0.25, 0.3) is 0 Å². The van der Waals surface area contributed by atoms with Gasteiger partial charge in [-0.25, -0.2) is 0 Å². The van der Waals surface area contributed by atoms with Gasteiger partial charge in [-0.3, -0.25) is 4.90 Å². The maximum atomic E-state index is 10.1. The first kappa shape index (κ1) is 15.3. The largest absolute Gasteiger partial charge is 0.491 e. The van der Waals surface area contributed by atoms with Crippen molar-refractivity contribution >= 4 is 0 Å². The molecule has 1 heterocycles. The minimum Gasteiger partial charge on any atom is -0.491 e. The second-order valence-electron chi connectivity index (χ2n) is 6.05. The maximum absolute atomic E-state index is 10.1. The minimum atomic E-state index is -0.419. The van der Waals surface area contributed by atoms with E-state index < -0.39 is 6.10 Å². The molecule has 112 valence electrons. The molecule has 1 saturated heterocycles. The Labute approximate surface area is 122 Å². The third kappa shape index (κ3) is 4.22. The highest BCUT2D eigenvalue weighted by Gasteiger charge is 2.20. The molecule has 20 heavy (non-hydrogen) atoms. The summed E-state index contributed by atoms with van der Waals surface area (Å²) in [6.07, 6.45) is 3.38. The van der Waals surface area contributed by atoms with Gasteiger partial charge in [0, 0.05) is 12.6 Å². The van der Waals surface area contributed by atoms with Crippen LogP contribution < -0.4 is 4.74 Å². The molecule has 1 aromatic rings. The third-order valence-corrected chi connectivity index (χ3v) is 4.31. The molecule has 1 aliphatic heterocycles. The molecule has 1 aliphatic rings. The number of piperidine rings is 1. The Hall–Kier alpha value is -1.06. The number of ether oxygens (including phenoxy) is 1. The number of β-amino-alcohol motifs (C(OH)–C–C–N with tert-alkyl or cyclic N) is 1. The van der Waals surface area contributed by atoms with Crippen LogP contribution in [-0.2, 0) is 0 Å². The summed E-state index contributed by atoms with van der Waals surface area (Å²) in [7, 11) is 0. The molecule has 3 heteroatoms. The van der Waals surface area contributed by atoms with Crippen molar-refractivity contribution in [2.24, 2.45) is 0 Å².